The Morgan fingerprint density at radius 1 is 1.00 bits per heavy atom. The van der Waals surface area contributed by atoms with E-state index in [-0.39, 0.29) is 5.41 Å². The van der Waals surface area contributed by atoms with Gasteiger partial charge in [0.1, 0.15) is 0 Å². The molecule has 1 aromatic rings. The largest absolute Gasteiger partial charge is 0.281 e. The smallest absolute Gasteiger partial charge is 0.174 e. The van der Waals surface area contributed by atoms with Gasteiger partial charge in [0.05, 0.1) is 10.5 Å². The lowest BCUT2D eigenvalue weighted by Gasteiger charge is -2.22. The second-order valence-corrected chi connectivity index (χ2v) is 9.29. The van der Waals surface area contributed by atoms with Crippen molar-refractivity contribution in [3.05, 3.63) is 29.8 Å². The fraction of sp³-hybridized carbons (Fsp3) is 0.571. The molecule has 18 heavy (non-hydrogen) atoms. The normalized spacial score (nSPS) is 16.3. The molecule has 0 fully saturated rings. The van der Waals surface area contributed by atoms with Crippen molar-refractivity contribution in [2.75, 3.05) is 0 Å². The van der Waals surface area contributed by atoms with E-state index in [4.69, 9.17) is 15.4 Å². The van der Waals surface area contributed by atoms with E-state index in [0.29, 0.717) is 4.90 Å². The van der Waals surface area contributed by atoms with E-state index in [1.54, 1.807) is 0 Å². The van der Waals surface area contributed by atoms with Crippen LogP contribution in [0.3, 0.4) is 0 Å². The fourth-order valence-electron chi connectivity index (χ4n) is 1.50. The third kappa shape index (κ3) is 4.34. The monoisotopic (exact) mass is 286 g/mol. The zero-order valence-electron chi connectivity index (χ0n) is 11.9. The molecule has 0 aromatic heterocycles. The van der Waals surface area contributed by atoms with Crippen LogP contribution in [0, 0.1) is 0 Å². The minimum absolute atomic E-state index is 0.0751. The van der Waals surface area contributed by atoms with Crippen LogP contribution in [0.4, 0.5) is 0 Å². The maximum atomic E-state index is 12.4. The number of hydrogen-bond donors (Lipinski definition) is 0. The second-order valence-electron chi connectivity index (χ2n) is 6.42. The lowest BCUT2D eigenvalue weighted by molar-refractivity contribution is 0.151. The number of rotatable bonds is 2. The van der Waals surface area contributed by atoms with Crippen molar-refractivity contribution in [2.45, 2.75) is 57.5 Å². The highest BCUT2D eigenvalue weighted by atomic mass is 32.8. The van der Waals surface area contributed by atoms with Crippen molar-refractivity contribution in [1.29, 1.82) is 0 Å². The summed E-state index contributed by atoms with van der Waals surface area (Å²) in [5, 5.41) is 0. The maximum Gasteiger partial charge on any atom is 0.174 e. The summed E-state index contributed by atoms with van der Waals surface area (Å²) >= 11 is 5.10. The first-order valence-electron chi connectivity index (χ1n) is 5.98. The van der Waals surface area contributed by atoms with Crippen molar-refractivity contribution in [3.63, 3.8) is 0 Å². The van der Waals surface area contributed by atoms with Crippen molar-refractivity contribution in [2.24, 2.45) is 0 Å². The van der Waals surface area contributed by atoms with Gasteiger partial charge >= 0.3 is 0 Å². The predicted octanol–water partition coefficient (Wildman–Crippen LogP) is 3.82. The molecule has 1 rings (SSSR count). The average molecular weight is 286 g/mol. The van der Waals surface area contributed by atoms with Gasteiger partial charge in [-0.3, -0.25) is 4.18 Å². The van der Waals surface area contributed by atoms with Gasteiger partial charge in [-0.25, -0.2) is 4.21 Å². The van der Waals surface area contributed by atoms with Crippen LogP contribution in [0.1, 0.15) is 47.1 Å². The molecule has 1 unspecified atom stereocenters. The van der Waals surface area contributed by atoms with Gasteiger partial charge in [0.15, 0.2) is 8.77 Å². The van der Waals surface area contributed by atoms with E-state index in [0.717, 1.165) is 0 Å². The van der Waals surface area contributed by atoms with Gasteiger partial charge in [-0.1, -0.05) is 32.9 Å². The first kappa shape index (κ1) is 15.6. The molecule has 0 aliphatic carbocycles. The zero-order chi connectivity index (χ0) is 14.2. The lowest BCUT2D eigenvalue weighted by Crippen LogP contribution is -2.23. The molecule has 0 N–H and O–H groups in total. The third-order valence-corrected chi connectivity index (χ3v) is 4.72. The second kappa shape index (κ2) is 4.91. The van der Waals surface area contributed by atoms with Crippen LogP contribution >= 0.6 is 0 Å². The summed E-state index contributed by atoms with van der Waals surface area (Å²) in [6.45, 7) is 12.0. The Balaban J connectivity index is 3.06. The molecule has 2 nitrogen and oxygen atoms in total. The van der Waals surface area contributed by atoms with Gasteiger partial charge < -0.3 is 0 Å². The molecule has 0 heterocycles. The summed E-state index contributed by atoms with van der Waals surface area (Å²) in [6, 6.07) is 7.55. The van der Waals surface area contributed by atoms with Crippen LogP contribution < -0.4 is 0 Å². The topological polar surface area (TPSA) is 26.3 Å². The maximum absolute atomic E-state index is 12.4. The Morgan fingerprint density at radius 3 is 1.78 bits per heavy atom. The first-order chi connectivity index (χ1) is 7.92. The summed E-state index contributed by atoms with van der Waals surface area (Å²) in [6.07, 6.45) is 0. The Labute approximate surface area is 116 Å². The Kier molecular flexibility index (Phi) is 4.26. The highest BCUT2D eigenvalue weighted by Crippen LogP contribution is 2.25. The molecular weight excluding hydrogens is 264 g/mol. The van der Waals surface area contributed by atoms with Gasteiger partial charge in [-0.15, -0.1) is 0 Å². The quantitative estimate of drug-likeness (QED) is 0.827. The van der Waals surface area contributed by atoms with Crippen molar-refractivity contribution < 1.29 is 8.39 Å². The van der Waals surface area contributed by atoms with Crippen LogP contribution in [0.15, 0.2) is 29.2 Å². The molecule has 1 aromatic carbocycles. The molecule has 0 spiro atoms. The Bertz CT molecular complexity index is 500. The molecule has 102 valence electrons. The molecule has 0 saturated carbocycles. The first-order valence-corrected chi connectivity index (χ1v) is 8.39. The van der Waals surface area contributed by atoms with Crippen molar-refractivity contribution in [3.8, 4) is 0 Å². The molecular formula is C14H22O2S2. The SMILES string of the molecule is CC(C)(C)OS(=O)(=S)c1ccc(C(C)(C)C)cc1. The van der Waals surface area contributed by atoms with E-state index < -0.39 is 14.4 Å². The van der Waals surface area contributed by atoms with Gasteiger partial charge in [0, 0.05) is 11.2 Å². The summed E-state index contributed by atoms with van der Waals surface area (Å²) < 4.78 is 17.8. The van der Waals surface area contributed by atoms with Crippen LogP contribution in [0.25, 0.3) is 0 Å². The fourth-order valence-corrected chi connectivity index (χ4v) is 3.67. The Morgan fingerprint density at radius 2 is 1.44 bits per heavy atom. The summed E-state index contributed by atoms with van der Waals surface area (Å²) in [4.78, 5) is 0.570. The summed E-state index contributed by atoms with van der Waals surface area (Å²) in [5.41, 5.74) is 0.750. The van der Waals surface area contributed by atoms with Crippen molar-refractivity contribution in [1.82, 2.24) is 0 Å². The average Bonchev–Trinajstić information content (AvgIpc) is 2.13. The predicted molar refractivity (Wildman–Crippen MR) is 79.8 cm³/mol. The summed E-state index contributed by atoms with van der Waals surface area (Å²) in [5.74, 6) is 0. The van der Waals surface area contributed by atoms with E-state index in [2.05, 4.69) is 20.8 Å². The van der Waals surface area contributed by atoms with Gasteiger partial charge in [0.2, 0.25) is 0 Å². The molecule has 4 heteroatoms. The van der Waals surface area contributed by atoms with E-state index in [1.165, 1.54) is 5.56 Å². The standard InChI is InChI=1S/C14H22O2S2/c1-13(2,3)11-7-9-12(10-8-11)18(15,17)16-14(4,5)6/h7-10H,1-6H3. The van der Waals surface area contributed by atoms with Crippen molar-refractivity contribution >= 4 is 20.0 Å². The minimum atomic E-state index is -2.85. The highest BCUT2D eigenvalue weighted by Gasteiger charge is 2.21. The molecule has 0 aliphatic rings. The molecule has 1 atom stereocenters. The van der Waals surface area contributed by atoms with Crippen LogP contribution in [0.2, 0.25) is 0 Å². The minimum Gasteiger partial charge on any atom is -0.281 e. The van der Waals surface area contributed by atoms with Gasteiger partial charge in [-0.05, 0) is 43.9 Å². The number of hydrogen-bond acceptors (Lipinski definition) is 3. The van der Waals surface area contributed by atoms with Gasteiger partial charge in [0.25, 0.3) is 0 Å². The molecule has 0 amide bonds. The van der Waals surface area contributed by atoms with Crippen LogP contribution in [0.5, 0.6) is 0 Å². The van der Waals surface area contributed by atoms with E-state index >= 15 is 0 Å². The van der Waals surface area contributed by atoms with Gasteiger partial charge in [-0.2, -0.15) is 0 Å². The molecule has 0 saturated heterocycles. The lowest BCUT2D eigenvalue weighted by atomic mass is 9.87. The van der Waals surface area contributed by atoms with E-state index in [9.17, 15) is 4.21 Å². The van der Waals surface area contributed by atoms with E-state index in [1.807, 2.05) is 45.0 Å². The van der Waals surface area contributed by atoms with Crippen LogP contribution in [-0.2, 0) is 29.6 Å². The molecule has 0 aliphatic heterocycles. The molecule has 0 bridgehead atoms. The Hall–Kier alpha value is -0.450. The number of benzene rings is 1. The van der Waals surface area contributed by atoms with Crippen LogP contribution in [-0.4, -0.2) is 9.81 Å². The summed E-state index contributed by atoms with van der Waals surface area (Å²) in [7, 11) is -2.85. The highest BCUT2D eigenvalue weighted by molar-refractivity contribution is 8.30. The zero-order valence-corrected chi connectivity index (χ0v) is 13.6. The third-order valence-electron chi connectivity index (χ3n) is 2.37. The molecule has 0 radical (unpaired) electrons.